The van der Waals surface area contributed by atoms with Gasteiger partial charge in [-0.15, -0.1) is 0 Å². The molecule has 5 rings (SSSR count). The normalized spacial score (nSPS) is 15.7. The molecule has 0 fully saturated rings. The van der Waals surface area contributed by atoms with Gasteiger partial charge in [-0.3, -0.25) is 9.59 Å². The van der Waals surface area contributed by atoms with Gasteiger partial charge in [-0.05, 0) is 49.4 Å². The number of hydrogen-bond acceptors (Lipinski definition) is 7. The third kappa shape index (κ3) is 4.81. The third-order valence-corrected chi connectivity index (χ3v) is 7.47. The SMILES string of the molecule is CS(=O)(=O)CCCNC(=O)C1CCc2[nH]c3ncnc(Nc4ccc(F)c5[nH]c(=O)ccc45)c3c2C1. The number of H-pyrrole nitrogens is 2. The zero-order valence-electron chi connectivity index (χ0n) is 19.5. The van der Waals surface area contributed by atoms with Gasteiger partial charge < -0.3 is 20.6 Å². The highest BCUT2D eigenvalue weighted by molar-refractivity contribution is 7.90. The highest BCUT2D eigenvalue weighted by atomic mass is 32.2. The number of hydrogen-bond donors (Lipinski definition) is 4. The summed E-state index contributed by atoms with van der Waals surface area (Å²) in [6.07, 6.45) is 4.76. The van der Waals surface area contributed by atoms with Crippen LogP contribution in [0.3, 0.4) is 0 Å². The molecule has 12 heteroatoms. The molecule has 1 aromatic carbocycles. The molecule has 0 aliphatic heterocycles. The Morgan fingerprint density at radius 3 is 2.83 bits per heavy atom. The average Bonchev–Trinajstić information content (AvgIpc) is 3.22. The molecule has 0 radical (unpaired) electrons. The third-order valence-electron chi connectivity index (χ3n) is 6.44. The number of carbonyl (C=O) groups is 1. The topological polar surface area (TPSA) is 150 Å². The molecule has 1 aliphatic rings. The highest BCUT2D eigenvalue weighted by Gasteiger charge is 2.29. The van der Waals surface area contributed by atoms with Crippen LogP contribution in [0.4, 0.5) is 15.9 Å². The van der Waals surface area contributed by atoms with Gasteiger partial charge in [0.15, 0.2) is 0 Å². The molecule has 3 heterocycles. The van der Waals surface area contributed by atoms with Gasteiger partial charge in [-0.2, -0.15) is 0 Å². The van der Waals surface area contributed by atoms with Crippen molar-refractivity contribution in [2.45, 2.75) is 25.7 Å². The van der Waals surface area contributed by atoms with Crippen LogP contribution in [0.15, 0.2) is 35.4 Å². The lowest BCUT2D eigenvalue weighted by molar-refractivity contribution is -0.125. The molecule has 1 amide bonds. The number of rotatable bonds is 7. The molecule has 0 spiro atoms. The van der Waals surface area contributed by atoms with Crippen molar-refractivity contribution in [3.8, 4) is 0 Å². The van der Waals surface area contributed by atoms with Crippen LogP contribution in [0.25, 0.3) is 21.9 Å². The molecule has 4 N–H and O–H groups in total. The van der Waals surface area contributed by atoms with Gasteiger partial charge in [0, 0.05) is 41.6 Å². The standard InChI is InChI=1S/C24H25FN6O4S/c1-36(34,35)10-2-9-26-24(33)13-3-6-18-15(11-13)20-22(27-12-28-23(20)30-18)29-17-7-5-16(25)21-14(17)4-8-19(32)31-21/h4-5,7-8,12-13H,2-3,6,9-11H2,1H3,(H,26,33)(H,31,32)(H2,27,28,29,30). The summed E-state index contributed by atoms with van der Waals surface area (Å²) in [7, 11) is -3.07. The Morgan fingerprint density at radius 2 is 2.03 bits per heavy atom. The van der Waals surface area contributed by atoms with Crippen LogP contribution < -0.4 is 16.2 Å². The predicted octanol–water partition coefficient (Wildman–Crippen LogP) is 2.34. The van der Waals surface area contributed by atoms with E-state index in [0.29, 0.717) is 54.8 Å². The molecular weight excluding hydrogens is 487 g/mol. The molecule has 3 aromatic heterocycles. The molecule has 1 unspecified atom stereocenters. The number of anilines is 2. The van der Waals surface area contributed by atoms with Crippen molar-refractivity contribution in [2.75, 3.05) is 23.9 Å². The summed E-state index contributed by atoms with van der Waals surface area (Å²) in [6.45, 7) is 0.304. The zero-order chi connectivity index (χ0) is 25.4. The number of aromatic amines is 2. The number of halogens is 1. The van der Waals surface area contributed by atoms with E-state index >= 15 is 0 Å². The largest absolute Gasteiger partial charge is 0.356 e. The summed E-state index contributed by atoms with van der Waals surface area (Å²) in [6, 6.07) is 5.74. The maximum Gasteiger partial charge on any atom is 0.248 e. The molecule has 0 saturated heterocycles. The number of amides is 1. The number of aromatic nitrogens is 4. The molecule has 0 saturated carbocycles. The summed E-state index contributed by atoms with van der Waals surface area (Å²) in [4.78, 5) is 39.1. The second-order valence-electron chi connectivity index (χ2n) is 9.07. The Kier molecular flexibility index (Phi) is 6.20. The number of benzene rings is 1. The Balaban J connectivity index is 1.42. The summed E-state index contributed by atoms with van der Waals surface area (Å²) >= 11 is 0. The lowest BCUT2D eigenvalue weighted by Crippen LogP contribution is -2.35. The van der Waals surface area contributed by atoms with E-state index in [1.807, 2.05) is 0 Å². The molecule has 1 atom stereocenters. The van der Waals surface area contributed by atoms with Crippen LogP contribution >= 0.6 is 0 Å². The van der Waals surface area contributed by atoms with Gasteiger partial charge in [-0.25, -0.2) is 22.8 Å². The number of nitrogens with zero attached hydrogens (tertiary/aromatic N) is 2. The van der Waals surface area contributed by atoms with Gasteiger partial charge in [0.25, 0.3) is 0 Å². The number of carbonyl (C=O) groups excluding carboxylic acids is 1. The van der Waals surface area contributed by atoms with Crippen LogP contribution in [-0.4, -0.2) is 52.8 Å². The quantitative estimate of drug-likeness (QED) is 0.278. The fourth-order valence-electron chi connectivity index (χ4n) is 4.70. The maximum atomic E-state index is 14.3. The summed E-state index contributed by atoms with van der Waals surface area (Å²) in [5.41, 5.74) is 2.82. The van der Waals surface area contributed by atoms with Gasteiger partial charge in [-0.1, -0.05) is 0 Å². The Bertz CT molecular complexity index is 1650. The fourth-order valence-corrected chi connectivity index (χ4v) is 5.37. The van der Waals surface area contributed by atoms with Crippen molar-refractivity contribution < 1.29 is 17.6 Å². The first-order chi connectivity index (χ1) is 17.2. The average molecular weight is 513 g/mol. The first kappa shape index (κ1) is 23.9. The minimum absolute atomic E-state index is 0.0306. The molecule has 36 heavy (non-hydrogen) atoms. The number of sulfone groups is 1. The Labute approximate surface area is 205 Å². The van der Waals surface area contributed by atoms with Crippen LogP contribution in [0.2, 0.25) is 0 Å². The summed E-state index contributed by atoms with van der Waals surface area (Å²) in [5.74, 6) is -0.373. The molecule has 1 aliphatic carbocycles. The summed E-state index contributed by atoms with van der Waals surface area (Å²) < 4.78 is 36.9. The monoisotopic (exact) mass is 512 g/mol. The fraction of sp³-hybridized carbons (Fsp3) is 0.333. The van der Waals surface area contributed by atoms with E-state index in [1.54, 1.807) is 12.1 Å². The van der Waals surface area contributed by atoms with Crippen LogP contribution in [-0.2, 0) is 27.5 Å². The smallest absolute Gasteiger partial charge is 0.248 e. The summed E-state index contributed by atoms with van der Waals surface area (Å²) in [5, 5.41) is 7.36. The maximum absolute atomic E-state index is 14.3. The lowest BCUT2D eigenvalue weighted by atomic mass is 9.86. The molecule has 10 nitrogen and oxygen atoms in total. The van der Waals surface area contributed by atoms with Crippen molar-refractivity contribution in [1.29, 1.82) is 0 Å². The van der Waals surface area contributed by atoms with Gasteiger partial charge in [0.1, 0.15) is 33.4 Å². The number of nitrogens with one attached hydrogen (secondary N) is 4. The lowest BCUT2D eigenvalue weighted by Gasteiger charge is -2.22. The van der Waals surface area contributed by atoms with E-state index in [1.165, 1.54) is 24.7 Å². The second-order valence-corrected chi connectivity index (χ2v) is 11.3. The minimum Gasteiger partial charge on any atom is -0.356 e. The number of pyridine rings is 1. The van der Waals surface area contributed by atoms with Gasteiger partial charge in [0.05, 0.1) is 16.7 Å². The van der Waals surface area contributed by atoms with E-state index in [9.17, 15) is 22.4 Å². The Morgan fingerprint density at radius 1 is 1.19 bits per heavy atom. The molecular formula is C24H25FN6O4S. The van der Waals surface area contributed by atoms with E-state index in [2.05, 4.69) is 30.6 Å². The first-order valence-corrected chi connectivity index (χ1v) is 13.6. The minimum atomic E-state index is -3.07. The van der Waals surface area contributed by atoms with Gasteiger partial charge >= 0.3 is 0 Å². The van der Waals surface area contributed by atoms with Crippen LogP contribution in [0.5, 0.6) is 0 Å². The van der Waals surface area contributed by atoms with E-state index < -0.39 is 21.2 Å². The van der Waals surface area contributed by atoms with Crippen LogP contribution in [0, 0.1) is 11.7 Å². The first-order valence-electron chi connectivity index (χ1n) is 11.6. The Hall–Kier alpha value is -3.80. The van der Waals surface area contributed by atoms with Crippen molar-refractivity contribution in [3.63, 3.8) is 0 Å². The number of fused-ring (bicyclic) bond motifs is 4. The van der Waals surface area contributed by atoms with Crippen molar-refractivity contribution in [2.24, 2.45) is 5.92 Å². The van der Waals surface area contributed by atoms with E-state index in [-0.39, 0.29) is 23.1 Å². The van der Waals surface area contributed by atoms with E-state index in [0.717, 1.165) is 16.6 Å². The number of aryl methyl sites for hydroxylation is 1. The van der Waals surface area contributed by atoms with E-state index in [4.69, 9.17) is 0 Å². The molecule has 4 aromatic rings. The predicted molar refractivity (Wildman–Crippen MR) is 135 cm³/mol. The van der Waals surface area contributed by atoms with Crippen molar-refractivity contribution in [3.05, 3.63) is 58.0 Å². The van der Waals surface area contributed by atoms with Gasteiger partial charge in [0.2, 0.25) is 11.5 Å². The second kappa shape index (κ2) is 9.34. The zero-order valence-corrected chi connectivity index (χ0v) is 20.3. The highest BCUT2D eigenvalue weighted by Crippen LogP contribution is 2.36. The van der Waals surface area contributed by atoms with Crippen LogP contribution in [0.1, 0.15) is 24.1 Å². The molecule has 0 bridgehead atoms. The molecule has 188 valence electrons. The van der Waals surface area contributed by atoms with Crippen molar-refractivity contribution >= 4 is 49.2 Å². The van der Waals surface area contributed by atoms with Crippen molar-refractivity contribution in [1.82, 2.24) is 25.3 Å².